The Balaban J connectivity index is 2.96. The topological polar surface area (TPSA) is 12.0 Å². The smallest absolute Gasteiger partial charge is 0.0410 e. The molecule has 0 aliphatic heterocycles. The highest BCUT2D eigenvalue weighted by atomic mass is 79.9. The Morgan fingerprint density at radius 3 is 2.61 bits per heavy atom. The lowest BCUT2D eigenvalue weighted by Crippen LogP contribution is -2.28. The lowest BCUT2D eigenvalue weighted by Gasteiger charge is -2.26. The van der Waals surface area contributed by atoms with E-state index in [9.17, 15) is 0 Å². The number of hydrogen-bond donors (Lipinski definition) is 1. The van der Waals surface area contributed by atoms with E-state index in [2.05, 4.69) is 48.1 Å². The number of benzene rings is 1. The van der Waals surface area contributed by atoms with Crippen molar-refractivity contribution in [1.82, 2.24) is 5.32 Å². The Hall–Kier alpha value is -0.0500. The standard InChI is InChI=1S/C15H23BrClN/c1-4-6-11(3)15(18-9-5-2)13-10-12(17)7-8-14(13)16/h7-8,10-11,15,18H,4-6,9H2,1-3H3. The molecule has 0 amide bonds. The molecule has 0 aliphatic carbocycles. The molecule has 1 N–H and O–H groups in total. The third-order valence-electron chi connectivity index (χ3n) is 3.22. The maximum absolute atomic E-state index is 6.13. The molecule has 0 aromatic heterocycles. The molecule has 0 radical (unpaired) electrons. The molecule has 1 rings (SSSR count). The second-order valence-corrected chi connectivity index (χ2v) is 6.15. The number of nitrogens with one attached hydrogen (secondary N) is 1. The lowest BCUT2D eigenvalue weighted by molar-refractivity contribution is 0.362. The number of rotatable bonds is 7. The molecule has 0 saturated carbocycles. The molecule has 0 saturated heterocycles. The van der Waals surface area contributed by atoms with E-state index in [0.717, 1.165) is 22.5 Å². The van der Waals surface area contributed by atoms with Crippen LogP contribution in [-0.4, -0.2) is 6.54 Å². The Bertz CT molecular complexity index is 368. The molecule has 0 heterocycles. The van der Waals surface area contributed by atoms with Gasteiger partial charge in [-0.25, -0.2) is 0 Å². The predicted octanol–water partition coefficient (Wildman–Crippen LogP) is 5.58. The van der Waals surface area contributed by atoms with Gasteiger partial charge in [-0.2, -0.15) is 0 Å². The molecule has 3 heteroatoms. The van der Waals surface area contributed by atoms with Crippen LogP contribution in [0.3, 0.4) is 0 Å². The molecule has 0 bridgehead atoms. The minimum Gasteiger partial charge on any atom is -0.310 e. The lowest BCUT2D eigenvalue weighted by atomic mass is 9.91. The van der Waals surface area contributed by atoms with Crippen LogP contribution in [-0.2, 0) is 0 Å². The normalized spacial score (nSPS) is 14.5. The Morgan fingerprint density at radius 2 is 2.00 bits per heavy atom. The number of hydrogen-bond acceptors (Lipinski definition) is 1. The van der Waals surface area contributed by atoms with Crippen LogP contribution in [0, 0.1) is 5.92 Å². The fourth-order valence-electron chi connectivity index (χ4n) is 2.29. The molecule has 0 aliphatic rings. The van der Waals surface area contributed by atoms with Crippen molar-refractivity contribution in [3.05, 3.63) is 33.3 Å². The van der Waals surface area contributed by atoms with Gasteiger partial charge in [0.15, 0.2) is 0 Å². The van der Waals surface area contributed by atoms with Crippen LogP contribution in [0.1, 0.15) is 51.6 Å². The highest BCUT2D eigenvalue weighted by Gasteiger charge is 2.20. The van der Waals surface area contributed by atoms with Crippen LogP contribution in [0.4, 0.5) is 0 Å². The monoisotopic (exact) mass is 331 g/mol. The highest BCUT2D eigenvalue weighted by molar-refractivity contribution is 9.10. The van der Waals surface area contributed by atoms with Gasteiger partial charge in [0.05, 0.1) is 0 Å². The summed E-state index contributed by atoms with van der Waals surface area (Å²) >= 11 is 9.77. The first-order chi connectivity index (χ1) is 8.60. The van der Waals surface area contributed by atoms with Crippen molar-refractivity contribution in [2.45, 2.75) is 46.1 Å². The second kappa shape index (κ2) is 8.19. The van der Waals surface area contributed by atoms with Crippen molar-refractivity contribution in [3.8, 4) is 0 Å². The molecular formula is C15H23BrClN. The van der Waals surface area contributed by atoms with Crippen LogP contribution in [0.5, 0.6) is 0 Å². The van der Waals surface area contributed by atoms with Crippen molar-refractivity contribution >= 4 is 27.5 Å². The Kier molecular flexibility index (Phi) is 7.28. The fraction of sp³-hybridized carbons (Fsp3) is 0.600. The van der Waals surface area contributed by atoms with Gasteiger partial charge >= 0.3 is 0 Å². The largest absolute Gasteiger partial charge is 0.310 e. The molecule has 2 atom stereocenters. The number of halogens is 2. The first-order valence-electron chi connectivity index (χ1n) is 6.78. The molecule has 18 heavy (non-hydrogen) atoms. The van der Waals surface area contributed by atoms with E-state index in [-0.39, 0.29) is 0 Å². The van der Waals surface area contributed by atoms with Gasteiger partial charge in [0, 0.05) is 15.5 Å². The van der Waals surface area contributed by atoms with E-state index in [1.54, 1.807) is 0 Å². The van der Waals surface area contributed by atoms with Crippen molar-refractivity contribution in [2.75, 3.05) is 6.54 Å². The van der Waals surface area contributed by atoms with Crippen LogP contribution in [0.15, 0.2) is 22.7 Å². The Morgan fingerprint density at radius 1 is 1.28 bits per heavy atom. The van der Waals surface area contributed by atoms with Crippen molar-refractivity contribution < 1.29 is 0 Å². The maximum atomic E-state index is 6.13. The molecular weight excluding hydrogens is 310 g/mol. The van der Waals surface area contributed by atoms with Crippen molar-refractivity contribution in [2.24, 2.45) is 5.92 Å². The van der Waals surface area contributed by atoms with Crippen molar-refractivity contribution in [1.29, 1.82) is 0 Å². The quantitative estimate of drug-likeness (QED) is 0.687. The van der Waals surface area contributed by atoms with Gasteiger partial charge in [0.2, 0.25) is 0 Å². The second-order valence-electron chi connectivity index (χ2n) is 4.86. The van der Waals surface area contributed by atoms with Gasteiger partial charge in [-0.3, -0.25) is 0 Å². The minimum atomic E-state index is 0.373. The average Bonchev–Trinajstić information content (AvgIpc) is 2.34. The zero-order chi connectivity index (χ0) is 13.5. The summed E-state index contributed by atoms with van der Waals surface area (Å²) in [6.45, 7) is 7.78. The molecule has 102 valence electrons. The van der Waals surface area contributed by atoms with E-state index >= 15 is 0 Å². The van der Waals surface area contributed by atoms with Gasteiger partial charge in [-0.05, 0) is 49.1 Å². The Labute approximate surface area is 124 Å². The first-order valence-corrected chi connectivity index (χ1v) is 7.95. The van der Waals surface area contributed by atoms with Crippen LogP contribution in [0.2, 0.25) is 5.02 Å². The molecule has 1 nitrogen and oxygen atoms in total. The van der Waals surface area contributed by atoms with Crippen LogP contribution >= 0.6 is 27.5 Å². The van der Waals surface area contributed by atoms with Gasteiger partial charge in [0.25, 0.3) is 0 Å². The highest BCUT2D eigenvalue weighted by Crippen LogP contribution is 2.32. The van der Waals surface area contributed by atoms with E-state index in [1.165, 1.54) is 18.4 Å². The average molecular weight is 333 g/mol. The minimum absolute atomic E-state index is 0.373. The van der Waals surface area contributed by atoms with Gasteiger partial charge < -0.3 is 5.32 Å². The summed E-state index contributed by atoms with van der Waals surface area (Å²) < 4.78 is 1.14. The molecule has 0 fully saturated rings. The molecule has 1 aromatic carbocycles. The summed E-state index contributed by atoms with van der Waals surface area (Å²) in [4.78, 5) is 0. The summed E-state index contributed by atoms with van der Waals surface area (Å²) in [5.41, 5.74) is 1.27. The molecule has 2 unspecified atom stereocenters. The summed E-state index contributed by atoms with van der Waals surface area (Å²) in [5, 5.41) is 4.46. The van der Waals surface area contributed by atoms with E-state index in [1.807, 2.05) is 12.1 Å². The van der Waals surface area contributed by atoms with Crippen LogP contribution in [0.25, 0.3) is 0 Å². The zero-order valence-corrected chi connectivity index (χ0v) is 13.8. The van der Waals surface area contributed by atoms with Gasteiger partial charge in [-0.15, -0.1) is 0 Å². The van der Waals surface area contributed by atoms with E-state index in [0.29, 0.717) is 12.0 Å². The summed E-state index contributed by atoms with van der Waals surface area (Å²) in [7, 11) is 0. The van der Waals surface area contributed by atoms with Gasteiger partial charge in [-0.1, -0.05) is 54.7 Å². The third kappa shape index (κ3) is 4.56. The van der Waals surface area contributed by atoms with E-state index < -0.39 is 0 Å². The first kappa shape index (κ1) is 16.0. The molecule has 0 spiro atoms. The third-order valence-corrected chi connectivity index (χ3v) is 4.18. The summed E-state index contributed by atoms with van der Waals surface area (Å²) in [5.74, 6) is 0.608. The van der Waals surface area contributed by atoms with Crippen LogP contribution < -0.4 is 5.32 Å². The van der Waals surface area contributed by atoms with E-state index in [4.69, 9.17) is 11.6 Å². The maximum Gasteiger partial charge on any atom is 0.0410 e. The summed E-state index contributed by atoms with van der Waals surface area (Å²) in [6, 6.07) is 6.41. The van der Waals surface area contributed by atoms with Gasteiger partial charge in [0.1, 0.15) is 0 Å². The molecule has 1 aromatic rings. The predicted molar refractivity (Wildman–Crippen MR) is 84.3 cm³/mol. The fourth-order valence-corrected chi connectivity index (χ4v) is 2.97. The van der Waals surface area contributed by atoms with Crippen molar-refractivity contribution in [3.63, 3.8) is 0 Å². The summed E-state index contributed by atoms with van der Waals surface area (Å²) in [6.07, 6.45) is 3.58. The SMILES string of the molecule is CCCNC(c1cc(Cl)ccc1Br)C(C)CCC. The zero-order valence-electron chi connectivity index (χ0n) is 11.5.